The molecule has 0 fully saturated rings. The molecule has 14 heavy (non-hydrogen) atoms. The van der Waals surface area contributed by atoms with Gasteiger partial charge in [0.25, 0.3) is 0 Å². The van der Waals surface area contributed by atoms with Gasteiger partial charge in [-0.05, 0) is 11.7 Å². The zero-order valence-corrected chi connectivity index (χ0v) is 7.17. The normalized spacial score (nSPS) is 7.71. The number of carboxylic acids is 2. The molecule has 0 rings (SSSR count). The fraction of sp³-hybridized carbons (Fsp3) is 0.250. The number of rotatable bonds is 5. The van der Waals surface area contributed by atoms with Crippen LogP contribution in [0, 0.1) is 0 Å². The quantitative estimate of drug-likeness (QED) is 0.462. The summed E-state index contributed by atoms with van der Waals surface area (Å²) in [5.74, 6) is 2.50. The summed E-state index contributed by atoms with van der Waals surface area (Å²) in [7, 11) is 0. The Bertz CT molecular complexity index is 299. The molecule has 0 aliphatic heterocycles. The van der Waals surface area contributed by atoms with E-state index in [-0.39, 0.29) is 13.1 Å². The number of nitrogens with zero attached hydrogens (tertiary/aromatic N) is 2. The molecule has 6 heteroatoms. The molecule has 0 aromatic carbocycles. The largest absolute Gasteiger partial charge is 0.480 e. The maximum absolute atomic E-state index is 9.95. The Hall–Kier alpha value is -2.16. The number of carboxylic acid groups (broad SMARTS) is 2. The number of hydrogen-bond acceptors (Lipinski definition) is 4. The molecule has 0 aromatic rings. The van der Waals surface area contributed by atoms with E-state index in [1.54, 1.807) is 0 Å². The average molecular weight is 196 g/mol. The van der Waals surface area contributed by atoms with Crippen LogP contribution in [0.2, 0.25) is 0 Å². The van der Waals surface area contributed by atoms with Crippen LogP contribution in [0.4, 0.5) is 0 Å². The molecular formula is C8H8N2O4. The minimum absolute atomic E-state index is 0.351. The van der Waals surface area contributed by atoms with Crippen molar-refractivity contribution >= 4 is 23.7 Å². The van der Waals surface area contributed by atoms with Gasteiger partial charge in [-0.3, -0.25) is 9.59 Å². The Balaban J connectivity index is 3.91. The molecule has 0 spiro atoms. The Morgan fingerprint density at radius 3 is 1.64 bits per heavy atom. The van der Waals surface area contributed by atoms with Gasteiger partial charge >= 0.3 is 11.9 Å². The van der Waals surface area contributed by atoms with E-state index in [0.717, 1.165) is 0 Å². The third kappa shape index (κ3) is 9.84. The number of allylic oxidation sites excluding steroid dienone is 2. The minimum atomic E-state index is -1.05. The molecule has 0 heterocycles. The van der Waals surface area contributed by atoms with Gasteiger partial charge in [-0.1, -0.05) is 0 Å². The highest BCUT2D eigenvalue weighted by atomic mass is 16.4. The first-order chi connectivity index (χ1) is 6.63. The maximum Gasteiger partial charge on any atom is 0.326 e. The molecule has 6 nitrogen and oxygen atoms in total. The molecule has 0 bridgehead atoms. The number of aliphatic carboxylic acids is 2. The predicted molar refractivity (Wildman–Crippen MR) is 49.0 cm³/mol. The van der Waals surface area contributed by atoms with Crippen LogP contribution in [0.5, 0.6) is 0 Å². The van der Waals surface area contributed by atoms with Gasteiger partial charge in [0.15, 0.2) is 0 Å². The number of carbonyl (C=O) groups is 2. The van der Waals surface area contributed by atoms with Gasteiger partial charge in [-0.25, -0.2) is 9.98 Å². The van der Waals surface area contributed by atoms with E-state index in [2.05, 4.69) is 21.7 Å². The molecule has 0 amide bonds. The lowest BCUT2D eigenvalue weighted by Crippen LogP contribution is -1.97. The van der Waals surface area contributed by atoms with Gasteiger partial charge in [-0.2, -0.15) is 0 Å². The predicted octanol–water partition coefficient (Wildman–Crippen LogP) is -0.393. The lowest BCUT2D eigenvalue weighted by atomic mass is 10.6. The highest BCUT2D eigenvalue weighted by Crippen LogP contribution is 1.68. The summed E-state index contributed by atoms with van der Waals surface area (Å²) >= 11 is 0. The van der Waals surface area contributed by atoms with Crippen molar-refractivity contribution in [3.8, 4) is 0 Å². The highest BCUT2D eigenvalue weighted by Gasteiger charge is 1.87. The van der Waals surface area contributed by atoms with E-state index in [1.165, 1.54) is 12.2 Å². The van der Waals surface area contributed by atoms with E-state index in [0.29, 0.717) is 0 Å². The lowest BCUT2D eigenvalue weighted by molar-refractivity contribution is -0.136. The Kier molecular flexibility index (Phi) is 6.33. The van der Waals surface area contributed by atoms with Crippen molar-refractivity contribution in [1.29, 1.82) is 0 Å². The second kappa shape index (κ2) is 7.49. The number of aliphatic imine (C=N–C) groups is 2. The molecule has 0 aromatic heterocycles. The van der Waals surface area contributed by atoms with Crippen molar-refractivity contribution in [2.75, 3.05) is 13.1 Å². The van der Waals surface area contributed by atoms with Crippen molar-refractivity contribution in [2.24, 2.45) is 9.98 Å². The third-order valence-corrected chi connectivity index (χ3v) is 0.844. The summed E-state index contributed by atoms with van der Waals surface area (Å²) < 4.78 is 0. The molecule has 74 valence electrons. The van der Waals surface area contributed by atoms with Gasteiger partial charge in [0.2, 0.25) is 0 Å². The summed E-state index contributed by atoms with van der Waals surface area (Å²) in [6.07, 6.45) is 2.57. The van der Waals surface area contributed by atoms with Crippen LogP contribution < -0.4 is 0 Å². The van der Waals surface area contributed by atoms with Gasteiger partial charge < -0.3 is 10.2 Å². The smallest absolute Gasteiger partial charge is 0.326 e. The topological polar surface area (TPSA) is 99.3 Å². The van der Waals surface area contributed by atoms with Crippen molar-refractivity contribution < 1.29 is 19.8 Å². The molecule has 0 saturated carbocycles. The van der Waals surface area contributed by atoms with Crippen LogP contribution in [-0.4, -0.2) is 47.0 Å². The summed E-state index contributed by atoms with van der Waals surface area (Å²) in [4.78, 5) is 26.6. The van der Waals surface area contributed by atoms with Crippen LogP contribution in [0.3, 0.4) is 0 Å². The fourth-order valence-electron chi connectivity index (χ4n) is 0.406. The molecular weight excluding hydrogens is 188 g/mol. The second-order valence-electron chi connectivity index (χ2n) is 2.01. The van der Waals surface area contributed by atoms with Crippen LogP contribution in [0.25, 0.3) is 0 Å². The van der Waals surface area contributed by atoms with Crippen molar-refractivity contribution in [3.05, 3.63) is 12.2 Å². The molecule has 0 atom stereocenters. The monoisotopic (exact) mass is 196 g/mol. The van der Waals surface area contributed by atoms with Gasteiger partial charge in [-0.15, -0.1) is 0 Å². The maximum atomic E-state index is 9.95. The molecule has 0 radical (unpaired) electrons. The summed E-state index contributed by atoms with van der Waals surface area (Å²) in [6, 6.07) is 0. The first-order valence-corrected chi connectivity index (χ1v) is 3.55. The summed E-state index contributed by atoms with van der Waals surface area (Å²) in [5, 5.41) is 16.3. The summed E-state index contributed by atoms with van der Waals surface area (Å²) in [5.41, 5.74) is 0. The van der Waals surface area contributed by atoms with Crippen molar-refractivity contribution in [3.63, 3.8) is 0 Å². The molecule has 0 unspecified atom stereocenters. The second-order valence-corrected chi connectivity index (χ2v) is 2.01. The molecule has 0 saturated heterocycles. The van der Waals surface area contributed by atoms with Crippen LogP contribution in [0.15, 0.2) is 22.1 Å². The van der Waals surface area contributed by atoms with E-state index >= 15 is 0 Å². The minimum Gasteiger partial charge on any atom is -0.480 e. The average Bonchev–Trinajstić information content (AvgIpc) is 2.08. The summed E-state index contributed by atoms with van der Waals surface area (Å²) in [6.45, 7) is -0.701. The van der Waals surface area contributed by atoms with E-state index in [9.17, 15) is 9.59 Å². The Morgan fingerprint density at radius 2 is 1.36 bits per heavy atom. The van der Waals surface area contributed by atoms with Crippen LogP contribution in [-0.2, 0) is 9.59 Å². The first kappa shape index (κ1) is 11.8. The lowest BCUT2D eigenvalue weighted by Gasteiger charge is -1.77. The third-order valence-electron chi connectivity index (χ3n) is 0.844. The first-order valence-electron chi connectivity index (χ1n) is 3.55. The SMILES string of the molecule is O=C(O)CN=C=CC=C=NCC(=O)O. The Morgan fingerprint density at radius 1 is 1.00 bits per heavy atom. The standard InChI is InChI=1S/C8H8N2O4/c11-7(12)5-9-3-1-2-4-10-6-8(13)14/h1-2H,5-6H2,(H,11,12)(H,13,14). The van der Waals surface area contributed by atoms with Crippen molar-refractivity contribution in [2.45, 2.75) is 0 Å². The molecule has 2 N–H and O–H groups in total. The molecule has 0 aliphatic carbocycles. The van der Waals surface area contributed by atoms with Crippen molar-refractivity contribution in [1.82, 2.24) is 0 Å². The highest BCUT2D eigenvalue weighted by molar-refractivity contribution is 5.73. The zero-order chi connectivity index (χ0) is 10.8. The molecule has 0 aliphatic rings. The van der Waals surface area contributed by atoms with Crippen LogP contribution >= 0.6 is 0 Å². The number of hydrogen-bond donors (Lipinski definition) is 2. The van der Waals surface area contributed by atoms with E-state index in [4.69, 9.17) is 10.2 Å². The van der Waals surface area contributed by atoms with Gasteiger partial charge in [0.05, 0.1) is 0 Å². The van der Waals surface area contributed by atoms with Gasteiger partial charge in [0.1, 0.15) is 13.1 Å². The van der Waals surface area contributed by atoms with Crippen LogP contribution in [0.1, 0.15) is 0 Å². The van der Waals surface area contributed by atoms with Gasteiger partial charge in [0, 0.05) is 12.2 Å². The van der Waals surface area contributed by atoms with E-state index < -0.39 is 11.9 Å². The zero-order valence-electron chi connectivity index (χ0n) is 7.17. The fourth-order valence-corrected chi connectivity index (χ4v) is 0.406. The Labute approximate surface area is 79.6 Å². The van der Waals surface area contributed by atoms with E-state index in [1.807, 2.05) is 0 Å².